The molecule has 1 amide bonds. The third-order valence-electron chi connectivity index (χ3n) is 4.33. The minimum absolute atomic E-state index is 0. The molecule has 130 valence electrons. The van der Waals surface area contributed by atoms with Crippen LogP contribution in [0.2, 0.25) is 0 Å². The molecule has 0 aliphatic carbocycles. The maximum absolute atomic E-state index is 12.5. The van der Waals surface area contributed by atoms with Gasteiger partial charge in [0.05, 0.1) is 0 Å². The zero-order chi connectivity index (χ0) is 15.4. The second-order valence-corrected chi connectivity index (χ2v) is 7.36. The van der Waals surface area contributed by atoms with Crippen LogP contribution in [0.4, 0.5) is 0 Å². The van der Waals surface area contributed by atoms with E-state index in [1.807, 2.05) is 23.6 Å². The molecule has 3 rings (SSSR count). The molecule has 2 atom stereocenters. The average Bonchev–Trinajstić information content (AvgIpc) is 2.93. The van der Waals surface area contributed by atoms with Crippen LogP contribution < -0.4 is 5.32 Å². The van der Waals surface area contributed by atoms with Crippen LogP contribution in [0, 0.1) is 12.8 Å². The highest BCUT2D eigenvalue weighted by Crippen LogP contribution is 2.21. The SMILES string of the molecule is Cc1nc(CC2CCCN(C(=O)CC3CSCCN3)C2)no1.Cl. The largest absolute Gasteiger partial charge is 0.342 e. The van der Waals surface area contributed by atoms with Gasteiger partial charge in [-0.1, -0.05) is 5.16 Å². The summed E-state index contributed by atoms with van der Waals surface area (Å²) in [5.41, 5.74) is 0. The highest BCUT2D eigenvalue weighted by Gasteiger charge is 2.27. The summed E-state index contributed by atoms with van der Waals surface area (Å²) >= 11 is 1.94. The van der Waals surface area contributed by atoms with Gasteiger partial charge >= 0.3 is 0 Å². The number of nitrogens with one attached hydrogen (secondary N) is 1. The van der Waals surface area contributed by atoms with E-state index < -0.39 is 0 Å². The molecular weight excluding hydrogens is 336 g/mol. The van der Waals surface area contributed by atoms with Gasteiger partial charge in [0, 0.05) is 56.9 Å². The van der Waals surface area contributed by atoms with Gasteiger partial charge in [0.2, 0.25) is 11.8 Å². The minimum atomic E-state index is 0. The topological polar surface area (TPSA) is 71.3 Å². The summed E-state index contributed by atoms with van der Waals surface area (Å²) in [6, 6.07) is 0.339. The summed E-state index contributed by atoms with van der Waals surface area (Å²) in [5.74, 6) is 4.31. The zero-order valence-corrected chi connectivity index (χ0v) is 15.1. The molecule has 0 bridgehead atoms. The van der Waals surface area contributed by atoms with Crippen LogP contribution in [0.15, 0.2) is 4.52 Å². The molecule has 2 unspecified atom stereocenters. The van der Waals surface area contributed by atoms with Crippen LogP contribution in [-0.4, -0.2) is 58.1 Å². The number of carbonyl (C=O) groups excluding carboxylic acids is 1. The van der Waals surface area contributed by atoms with Gasteiger partial charge in [-0.3, -0.25) is 4.79 Å². The molecule has 0 saturated carbocycles. The number of aromatic nitrogens is 2. The number of rotatable bonds is 4. The molecule has 8 heteroatoms. The van der Waals surface area contributed by atoms with Crippen LogP contribution in [0.1, 0.15) is 31.0 Å². The molecule has 0 radical (unpaired) electrons. The Labute approximate surface area is 147 Å². The lowest BCUT2D eigenvalue weighted by molar-refractivity contribution is -0.133. The van der Waals surface area contributed by atoms with Crippen LogP contribution in [0.25, 0.3) is 0 Å². The molecule has 1 aromatic heterocycles. The van der Waals surface area contributed by atoms with Crippen molar-refractivity contribution >= 4 is 30.1 Å². The molecule has 0 spiro atoms. The Hall–Kier alpha value is -0.790. The van der Waals surface area contributed by atoms with Gasteiger partial charge < -0.3 is 14.7 Å². The number of carbonyl (C=O) groups is 1. The van der Waals surface area contributed by atoms with Crippen molar-refractivity contribution in [2.75, 3.05) is 31.1 Å². The predicted octanol–water partition coefficient (Wildman–Crippen LogP) is 1.68. The van der Waals surface area contributed by atoms with Crippen molar-refractivity contribution in [2.45, 2.75) is 38.6 Å². The smallest absolute Gasteiger partial charge is 0.224 e. The molecular formula is C15H25ClN4O2S. The van der Waals surface area contributed by atoms with E-state index in [4.69, 9.17) is 4.52 Å². The second-order valence-electron chi connectivity index (χ2n) is 6.21. The lowest BCUT2D eigenvalue weighted by atomic mass is 9.94. The van der Waals surface area contributed by atoms with Gasteiger partial charge in [0.1, 0.15) is 0 Å². The zero-order valence-electron chi connectivity index (χ0n) is 13.5. The fraction of sp³-hybridized carbons (Fsp3) is 0.800. The van der Waals surface area contributed by atoms with Gasteiger partial charge in [0.25, 0.3) is 0 Å². The minimum Gasteiger partial charge on any atom is -0.342 e. The van der Waals surface area contributed by atoms with Gasteiger partial charge in [0.15, 0.2) is 5.82 Å². The lowest BCUT2D eigenvalue weighted by Crippen LogP contribution is -2.45. The summed E-state index contributed by atoms with van der Waals surface area (Å²) in [4.78, 5) is 18.8. The number of halogens is 1. The Bertz CT molecular complexity index is 507. The van der Waals surface area contributed by atoms with Crippen LogP contribution in [0.5, 0.6) is 0 Å². The maximum atomic E-state index is 12.5. The molecule has 2 fully saturated rings. The summed E-state index contributed by atoms with van der Waals surface area (Å²) in [6.07, 6.45) is 3.63. The number of thioether (sulfide) groups is 1. The number of likely N-dealkylation sites (tertiary alicyclic amines) is 1. The Kier molecular flexibility index (Phi) is 7.17. The predicted molar refractivity (Wildman–Crippen MR) is 93.0 cm³/mol. The Morgan fingerprint density at radius 3 is 3.09 bits per heavy atom. The molecule has 6 nitrogen and oxygen atoms in total. The van der Waals surface area contributed by atoms with Gasteiger partial charge in [-0.25, -0.2) is 0 Å². The molecule has 3 heterocycles. The van der Waals surface area contributed by atoms with E-state index in [1.165, 1.54) is 0 Å². The first kappa shape index (κ1) is 18.5. The first-order chi connectivity index (χ1) is 10.7. The normalized spacial score (nSPS) is 25.0. The summed E-state index contributed by atoms with van der Waals surface area (Å²) < 4.78 is 5.03. The van der Waals surface area contributed by atoms with Crippen molar-refractivity contribution in [2.24, 2.45) is 5.92 Å². The highest BCUT2D eigenvalue weighted by molar-refractivity contribution is 7.99. The van der Waals surface area contributed by atoms with E-state index in [0.717, 1.165) is 56.2 Å². The van der Waals surface area contributed by atoms with E-state index in [9.17, 15) is 4.79 Å². The molecule has 1 aromatic rings. The monoisotopic (exact) mass is 360 g/mol. The summed E-state index contributed by atoms with van der Waals surface area (Å²) in [7, 11) is 0. The van der Waals surface area contributed by atoms with E-state index in [-0.39, 0.29) is 18.3 Å². The molecule has 23 heavy (non-hydrogen) atoms. The van der Waals surface area contributed by atoms with Crippen molar-refractivity contribution in [3.05, 3.63) is 11.7 Å². The first-order valence-electron chi connectivity index (χ1n) is 8.09. The molecule has 2 aliphatic heterocycles. The Balaban J connectivity index is 0.00000192. The van der Waals surface area contributed by atoms with Gasteiger partial charge in [-0.05, 0) is 18.8 Å². The van der Waals surface area contributed by atoms with Gasteiger partial charge in [-0.2, -0.15) is 16.7 Å². The molecule has 2 aliphatic rings. The van der Waals surface area contributed by atoms with Crippen LogP contribution in [-0.2, 0) is 11.2 Å². The fourth-order valence-electron chi connectivity index (χ4n) is 3.23. The van der Waals surface area contributed by atoms with Crippen molar-refractivity contribution in [3.63, 3.8) is 0 Å². The summed E-state index contributed by atoms with van der Waals surface area (Å²) in [5, 5.41) is 7.41. The number of nitrogens with zero attached hydrogens (tertiary/aromatic N) is 3. The number of piperidine rings is 1. The lowest BCUT2D eigenvalue weighted by Gasteiger charge is -2.34. The number of hydrogen-bond donors (Lipinski definition) is 1. The number of amides is 1. The second kappa shape index (κ2) is 8.89. The number of hydrogen-bond acceptors (Lipinski definition) is 6. The first-order valence-corrected chi connectivity index (χ1v) is 9.24. The van der Waals surface area contributed by atoms with Crippen molar-refractivity contribution < 1.29 is 9.32 Å². The Morgan fingerprint density at radius 1 is 1.52 bits per heavy atom. The molecule has 0 aromatic carbocycles. The third-order valence-corrected chi connectivity index (χ3v) is 5.46. The standard InChI is InChI=1S/C15H24N4O2S.ClH/c1-11-17-14(18-21-11)7-12-3-2-5-19(9-12)15(20)8-13-10-22-6-4-16-13;/h12-13,16H,2-10H2,1H3;1H. The van der Waals surface area contributed by atoms with Crippen LogP contribution in [0.3, 0.4) is 0 Å². The Morgan fingerprint density at radius 2 is 2.39 bits per heavy atom. The van der Waals surface area contributed by atoms with E-state index in [2.05, 4.69) is 15.5 Å². The average molecular weight is 361 g/mol. The summed E-state index contributed by atoms with van der Waals surface area (Å²) in [6.45, 7) is 4.54. The number of aryl methyl sites for hydroxylation is 1. The van der Waals surface area contributed by atoms with Crippen molar-refractivity contribution in [3.8, 4) is 0 Å². The van der Waals surface area contributed by atoms with Crippen molar-refractivity contribution in [1.82, 2.24) is 20.4 Å². The van der Waals surface area contributed by atoms with Gasteiger partial charge in [-0.15, -0.1) is 12.4 Å². The van der Waals surface area contributed by atoms with Crippen molar-refractivity contribution in [1.29, 1.82) is 0 Å². The fourth-order valence-corrected chi connectivity index (χ4v) is 4.18. The molecule has 1 N–H and O–H groups in total. The third kappa shape index (κ3) is 5.36. The van der Waals surface area contributed by atoms with E-state index in [1.54, 1.807) is 0 Å². The van der Waals surface area contributed by atoms with Crippen LogP contribution >= 0.6 is 24.2 Å². The van der Waals surface area contributed by atoms with E-state index in [0.29, 0.717) is 24.3 Å². The molecule has 2 saturated heterocycles. The quantitative estimate of drug-likeness (QED) is 0.880. The highest BCUT2D eigenvalue weighted by atomic mass is 35.5. The van der Waals surface area contributed by atoms with E-state index >= 15 is 0 Å². The maximum Gasteiger partial charge on any atom is 0.224 e.